The molecule has 0 aromatic heterocycles. The lowest BCUT2D eigenvalue weighted by molar-refractivity contribution is -0.139. The first-order valence-corrected chi connectivity index (χ1v) is 8.72. The molecule has 4 nitrogen and oxygen atoms in total. The molecule has 1 aromatic carbocycles. The maximum Gasteiger partial charge on any atom is 0.254 e. The molecular weight excluding hydrogens is 391 g/mol. The fourth-order valence-electron chi connectivity index (χ4n) is 2.60. The lowest BCUT2D eigenvalue weighted by Crippen LogP contribution is -2.42. The molecule has 1 aliphatic heterocycles. The molecule has 1 saturated heterocycles. The smallest absolute Gasteiger partial charge is 0.254 e. The van der Waals surface area contributed by atoms with Crippen molar-refractivity contribution in [2.45, 2.75) is 27.2 Å². The van der Waals surface area contributed by atoms with Crippen LogP contribution in [0.25, 0.3) is 0 Å². The fourth-order valence-corrected chi connectivity index (χ4v) is 3.22. The monoisotopic (exact) mass is 414 g/mol. The highest BCUT2D eigenvalue weighted by Crippen LogP contribution is 2.20. The molecule has 2 amide bonds. The number of amides is 2. The van der Waals surface area contributed by atoms with Gasteiger partial charge in [-0.25, -0.2) is 0 Å². The Labute approximate surface area is 146 Å². The first-order chi connectivity index (χ1) is 10.3. The van der Waals surface area contributed by atoms with Crippen LogP contribution in [0.4, 0.5) is 0 Å². The lowest BCUT2D eigenvalue weighted by Gasteiger charge is -2.28. The van der Waals surface area contributed by atoms with Crippen LogP contribution in [-0.2, 0) is 4.79 Å². The van der Waals surface area contributed by atoms with Crippen molar-refractivity contribution < 1.29 is 9.59 Å². The summed E-state index contributed by atoms with van der Waals surface area (Å²) in [6.07, 6.45) is 0.830. The molecule has 0 atom stereocenters. The zero-order valence-corrected chi connectivity index (χ0v) is 15.6. The normalized spacial score (nSPS) is 16.4. The van der Waals surface area contributed by atoms with Crippen molar-refractivity contribution in [3.05, 3.63) is 33.4 Å². The molecule has 1 fully saturated rings. The second-order valence-electron chi connectivity index (χ2n) is 6.67. The van der Waals surface area contributed by atoms with Crippen molar-refractivity contribution in [1.29, 1.82) is 0 Å². The number of nitrogens with zero attached hydrogens (tertiary/aromatic N) is 2. The van der Waals surface area contributed by atoms with Crippen LogP contribution in [0.3, 0.4) is 0 Å². The van der Waals surface area contributed by atoms with E-state index < -0.39 is 0 Å². The molecule has 1 heterocycles. The van der Waals surface area contributed by atoms with Crippen molar-refractivity contribution >= 4 is 34.4 Å². The molecule has 1 aromatic rings. The Hall–Kier alpha value is -1.11. The van der Waals surface area contributed by atoms with Crippen molar-refractivity contribution in [2.75, 3.05) is 26.2 Å². The van der Waals surface area contributed by atoms with Gasteiger partial charge in [-0.15, -0.1) is 0 Å². The molecule has 22 heavy (non-hydrogen) atoms. The Balaban J connectivity index is 2.06. The van der Waals surface area contributed by atoms with Crippen molar-refractivity contribution in [2.24, 2.45) is 5.41 Å². The lowest BCUT2D eigenvalue weighted by atomic mass is 9.94. The molecule has 0 N–H and O–H groups in total. The first kappa shape index (κ1) is 17.2. The van der Waals surface area contributed by atoms with Gasteiger partial charge in [0.1, 0.15) is 0 Å². The number of rotatable bonds is 1. The van der Waals surface area contributed by atoms with E-state index in [0.29, 0.717) is 19.6 Å². The third-order valence-corrected chi connectivity index (χ3v) is 4.76. The van der Waals surface area contributed by atoms with E-state index in [1.54, 1.807) is 0 Å². The number of hydrogen-bond acceptors (Lipinski definition) is 2. The van der Waals surface area contributed by atoms with Crippen LogP contribution in [0.1, 0.15) is 37.6 Å². The van der Waals surface area contributed by atoms with Gasteiger partial charge in [0.25, 0.3) is 5.91 Å². The summed E-state index contributed by atoms with van der Waals surface area (Å²) in [6, 6.07) is 7.64. The molecule has 0 bridgehead atoms. The van der Waals surface area contributed by atoms with E-state index in [1.807, 2.05) is 54.8 Å². The summed E-state index contributed by atoms with van der Waals surface area (Å²) in [5.41, 5.74) is 0.382. The summed E-state index contributed by atoms with van der Waals surface area (Å²) < 4.78 is 0.969. The Bertz CT molecular complexity index is 566. The van der Waals surface area contributed by atoms with Gasteiger partial charge >= 0.3 is 0 Å². The second-order valence-corrected chi connectivity index (χ2v) is 7.83. The van der Waals surface area contributed by atoms with Gasteiger partial charge in [-0.1, -0.05) is 32.9 Å². The Morgan fingerprint density at radius 2 is 1.59 bits per heavy atom. The summed E-state index contributed by atoms with van der Waals surface area (Å²) in [4.78, 5) is 28.8. The Morgan fingerprint density at radius 3 is 2.23 bits per heavy atom. The van der Waals surface area contributed by atoms with Crippen molar-refractivity contribution in [3.63, 3.8) is 0 Å². The van der Waals surface area contributed by atoms with E-state index in [0.717, 1.165) is 22.1 Å². The third-order valence-electron chi connectivity index (χ3n) is 3.82. The zero-order chi connectivity index (χ0) is 16.3. The van der Waals surface area contributed by atoms with Gasteiger partial charge in [0, 0.05) is 35.2 Å². The van der Waals surface area contributed by atoms with E-state index in [4.69, 9.17) is 0 Å². The molecule has 0 aliphatic carbocycles. The summed E-state index contributed by atoms with van der Waals surface area (Å²) in [6.45, 7) is 8.47. The predicted octanol–water partition coefficient (Wildman–Crippen LogP) is 3.01. The fraction of sp³-hybridized carbons (Fsp3) is 0.529. The number of carbonyl (C=O) groups excluding carboxylic acids is 2. The molecular formula is C17H23IN2O2. The van der Waals surface area contributed by atoms with E-state index >= 15 is 0 Å². The standard InChI is InChI=1S/C17H23IN2O2/c1-17(2,3)16(22)20-10-6-9-19(11-12-20)15(21)13-7-4-5-8-14(13)18/h4-5,7-8H,6,9-12H2,1-3H3. The van der Waals surface area contributed by atoms with Crippen LogP contribution in [0, 0.1) is 8.99 Å². The highest BCUT2D eigenvalue weighted by atomic mass is 127. The van der Waals surface area contributed by atoms with Gasteiger partial charge in [0.2, 0.25) is 5.91 Å². The van der Waals surface area contributed by atoms with Crippen LogP contribution in [0.15, 0.2) is 24.3 Å². The minimum atomic E-state index is -0.367. The average Bonchev–Trinajstić information content (AvgIpc) is 2.71. The summed E-state index contributed by atoms with van der Waals surface area (Å²) >= 11 is 2.19. The number of carbonyl (C=O) groups is 2. The molecule has 120 valence electrons. The van der Waals surface area contributed by atoms with Crippen LogP contribution >= 0.6 is 22.6 Å². The maximum absolute atomic E-state index is 12.7. The first-order valence-electron chi connectivity index (χ1n) is 7.64. The topological polar surface area (TPSA) is 40.6 Å². The largest absolute Gasteiger partial charge is 0.340 e. The Morgan fingerprint density at radius 1 is 1.00 bits per heavy atom. The molecule has 1 aliphatic rings. The summed E-state index contributed by atoms with van der Waals surface area (Å²) in [7, 11) is 0. The molecule has 0 spiro atoms. The minimum Gasteiger partial charge on any atom is -0.340 e. The van der Waals surface area contributed by atoms with Gasteiger partial charge in [-0.05, 0) is 41.1 Å². The van der Waals surface area contributed by atoms with Crippen molar-refractivity contribution in [3.8, 4) is 0 Å². The molecule has 0 saturated carbocycles. The molecule has 0 unspecified atom stereocenters. The van der Waals surface area contributed by atoms with E-state index in [1.165, 1.54) is 0 Å². The predicted molar refractivity (Wildman–Crippen MR) is 95.7 cm³/mol. The minimum absolute atomic E-state index is 0.0649. The van der Waals surface area contributed by atoms with Crippen LogP contribution in [-0.4, -0.2) is 47.8 Å². The van der Waals surface area contributed by atoms with Crippen LogP contribution in [0.2, 0.25) is 0 Å². The number of hydrogen-bond donors (Lipinski definition) is 0. The molecule has 5 heteroatoms. The zero-order valence-electron chi connectivity index (χ0n) is 13.4. The highest BCUT2D eigenvalue weighted by molar-refractivity contribution is 14.1. The average molecular weight is 414 g/mol. The quantitative estimate of drug-likeness (QED) is 0.663. The molecule has 0 radical (unpaired) electrons. The number of benzene rings is 1. The van der Waals surface area contributed by atoms with Gasteiger partial charge in [-0.3, -0.25) is 9.59 Å². The van der Waals surface area contributed by atoms with Gasteiger partial charge < -0.3 is 9.80 Å². The highest BCUT2D eigenvalue weighted by Gasteiger charge is 2.29. The van der Waals surface area contributed by atoms with Crippen molar-refractivity contribution in [1.82, 2.24) is 9.80 Å². The summed E-state index contributed by atoms with van der Waals surface area (Å²) in [5, 5.41) is 0. The van der Waals surface area contributed by atoms with E-state index in [-0.39, 0.29) is 17.2 Å². The maximum atomic E-state index is 12.7. The van der Waals surface area contributed by atoms with Crippen LogP contribution in [0.5, 0.6) is 0 Å². The SMILES string of the molecule is CC(C)(C)C(=O)N1CCCN(C(=O)c2ccccc2I)CC1. The molecule has 2 rings (SSSR count). The second kappa shape index (κ2) is 6.98. The van der Waals surface area contributed by atoms with E-state index in [9.17, 15) is 9.59 Å². The number of halogens is 1. The Kier molecular flexibility index (Phi) is 5.47. The van der Waals surface area contributed by atoms with Crippen LogP contribution < -0.4 is 0 Å². The van der Waals surface area contributed by atoms with E-state index in [2.05, 4.69) is 22.6 Å². The summed E-state index contributed by atoms with van der Waals surface area (Å²) in [5.74, 6) is 0.228. The van der Waals surface area contributed by atoms with Gasteiger partial charge in [0.05, 0.1) is 5.56 Å². The third kappa shape index (κ3) is 4.00. The van der Waals surface area contributed by atoms with Gasteiger partial charge in [0.15, 0.2) is 0 Å². The van der Waals surface area contributed by atoms with Gasteiger partial charge in [-0.2, -0.15) is 0 Å².